The lowest BCUT2D eigenvalue weighted by Crippen LogP contribution is -2.13. The van der Waals surface area contributed by atoms with E-state index >= 15 is 0 Å². The summed E-state index contributed by atoms with van der Waals surface area (Å²) in [5.74, 6) is 0.374. The van der Waals surface area contributed by atoms with Gasteiger partial charge in [0.1, 0.15) is 5.75 Å². The molecule has 0 spiro atoms. The fourth-order valence-electron chi connectivity index (χ4n) is 2.45. The Morgan fingerprint density at radius 2 is 1.92 bits per heavy atom. The fraction of sp³-hybridized carbons (Fsp3) is 0.200. The second kappa shape index (κ2) is 7.94. The summed E-state index contributed by atoms with van der Waals surface area (Å²) in [6.45, 7) is 4.49. The Kier molecular flexibility index (Phi) is 5.46. The Balaban J connectivity index is 1.69. The number of thiazole rings is 1. The van der Waals surface area contributed by atoms with Crippen molar-refractivity contribution in [2.24, 2.45) is 0 Å². The summed E-state index contributed by atoms with van der Waals surface area (Å²) in [7, 11) is 0. The number of carbonyl (C=O) groups excluding carboxylic acids is 1. The van der Waals surface area contributed by atoms with E-state index in [1.807, 2.05) is 25.3 Å². The van der Waals surface area contributed by atoms with Crippen molar-refractivity contribution in [1.29, 1.82) is 0 Å². The SMILES string of the molecule is CCOc1ccccc1C(=O)Nc1ncc(Cc2ccc(C)cc2)s1. The molecule has 2 aromatic carbocycles. The summed E-state index contributed by atoms with van der Waals surface area (Å²) in [5, 5.41) is 3.46. The van der Waals surface area contributed by atoms with Crippen LogP contribution in [0, 0.1) is 6.92 Å². The molecule has 0 unspecified atom stereocenters. The maximum Gasteiger partial charge on any atom is 0.261 e. The van der Waals surface area contributed by atoms with Crippen LogP contribution in [0.4, 0.5) is 5.13 Å². The molecule has 1 heterocycles. The van der Waals surface area contributed by atoms with Crippen LogP contribution in [-0.4, -0.2) is 17.5 Å². The fourth-order valence-corrected chi connectivity index (χ4v) is 3.30. The molecule has 0 saturated heterocycles. The third kappa shape index (κ3) is 4.45. The van der Waals surface area contributed by atoms with Crippen LogP contribution in [-0.2, 0) is 6.42 Å². The number of hydrogen-bond acceptors (Lipinski definition) is 4. The molecule has 0 atom stereocenters. The zero-order valence-corrected chi connectivity index (χ0v) is 15.1. The number of amides is 1. The highest BCUT2D eigenvalue weighted by atomic mass is 32.1. The maximum atomic E-state index is 12.5. The number of para-hydroxylation sites is 1. The summed E-state index contributed by atoms with van der Waals surface area (Å²) < 4.78 is 5.51. The highest BCUT2D eigenvalue weighted by Crippen LogP contribution is 2.24. The minimum Gasteiger partial charge on any atom is -0.493 e. The zero-order valence-electron chi connectivity index (χ0n) is 14.3. The minimum atomic E-state index is -0.208. The molecule has 5 heteroatoms. The van der Waals surface area contributed by atoms with Gasteiger partial charge < -0.3 is 4.74 Å². The molecule has 1 aromatic heterocycles. The number of anilines is 1. The number of nitrogens with one attached hydrogen (secondary N) is 1. The molecule has 1 amide bonds. The first-order valence-corrected chi connectivity index (χ1v) is 9.01. The Morgan fingerprint density at radius 1 is 1.16 bits per heavy atom. The van der Waals surface area contributed by atoms with Crippen molar-refractivity contribution in [3.8, 4) is 5.75 Å². The van der Waals surface area contributed by atoms with E-state index < -0.39 is 0 Å². The van der Waals surface area contributed by atoms with Gasteiger partial charge in [0.15, 0.2) is 5.13 Å². The average molecular weight is 352 g/mol. The van der Waals surface area contributed by atoms with Crippen molar-refractivity contribution in [3.63, 3.8) is 0 Å². The van der Waals surface area contributed by atoms with Crippen LogP contribution in [0.2, 0.25) is 0 Å². The molecule has 0 bridgehead atoms. The molecule has 3 rings (SSSR count). The van der Waals surface area contributed by atoms with E-state index in [1.54, 1.807) is 12.1 Å². The molecular weight excluding hydrogens is 332 g/mol. The molecule has 4 nitrogen and oxygen atoms in total. The maximum absolute atomic E-state index is 12.5. The number of carbonyl (C=O) groups is 1. The number of rotatable bonds is 6. The molecule has 0 saturated carbocycles. The van der Waals surface area contributed by atoms with Gasteiger partial charge in [0.25, 0.3) is 5.91 Å². The average Bonchev–Trinajstić information content (AvgIpc) is 3.04. The van der Waals surface area contributed by atoms with E-state index in [9.17, 15) is 4.79 Å². The summed E-state index contributed by atoms with van der Waals surface area (Å²) in [6.07, 6.45) is 2.62. The van der Waals surface area contributed by atoms with Crippen molar-refractivity contribution in [1.82, 2.24) is 4.98 Å². The van der Waals surface area contributed by atoms with Gasteiger partial charge in [-0.3, -0.25) is 10.1 Å². The van der Waals surface area contributed by atoms with Gasteiger partial charge in [0.05, 0.1) is 12.2 Å². The van der Waals surface area contributed by atoms with Gasteiger partial charge >= 0.3 is 0 Å². The molecular formula is C20H20N2O2S. The summed E-state index contributed by atoms with van der Waals surface area (Å²) in [4.78, 5) is 17.9. The lowest BCUT2D eigenvalue weighted by Gasteiger charge is -2.08. The van der Waals surface area contributed by atoms with E-state index in [4.69, 9.17) is 4.74 Å². The molecule has 1 N–H and O–H groups in total. The smallest absolute Gasteiger partial charge is 0.261 e. The number of ether oxygens (including phenoxy) is 1. The first-order chi connectivity index (χ1) is 12.2. The number of benzene rings is 2. The van der Waals surface area contributed by atoms with Crippen molar-refractivity contribution in [3.05, 3.63) is 76.3 Å². The van der Waals surface area contributed by atoms with Gasteiger partial charge in [-0.2, -0.15) is 0 Å². The Morgan fingerprint density at radius 3 is 2.68 bits per heavy atom. The van der Waals surface area contributed by atoms with Crippen LogP contribution >= 0.6 is 11.3 Å². The van der Waals surface area contributed by atoms with Gasteiger partial charge in [-0.1, -0.05) is 42.0 Å². The zero-order chi connectivity index (χ0) is 17.6. The van der Waals surface area contributed by atoms with Gasteiger partial charge in [0, 0.05) is 17.5 Å². The van der Waals surface area contributed by atoms with Gasteiger partial charge in [-0.25, -0.2) is 4.98 Å². The first-order valence-electron chi connectivity index (χ1n) is 8.19. The largest absolute Gasteiger partial charge is 0.493 e. The molecule has 0 fully saturated rings. The second-order valence-electron chi connectivity index (χ2n) is 5.68. The monoisotopic (exact) mass is 352 g/mol. The van der Waals surface area contributed by atoms with Crippen LogP contribution < -0.4 is 10.1 Å². The molecule has 0 radical (unpaired) electrons. The lowest BCUT2D eigenvalue weighted by atomic mass is 10.1. The van der Waals surface area contributed by atoms with E-state index in [-0.39, 0.29) is 5.91 Å². The van der Waals surface area contributed by atoms with Crippen molar-refractivity contribution >= 4 is 22.4 Å². The van der Waals surface area contributed by atoms with Crippen LogP contribution in [0.5, 0.6) is 5.75 Å². The lowest BCUT2D eigenvalue weighted by molar-refractivity contribution is 0.102. The molecule has 0 aliphatic heterocycles. The number of hydrogen-bond donors (Lipinski definition) is 1. The Bertz CT molecular complexity index is 856. The van der Waals surface area contributed by atoms with E-state index in [0.29, 0.717) is 23.1 Å². The normalized spacial score (nSPS) is 10.5. The van der Waals surface area contributed by atoms with E-state index in [1.165, 1.54) is 22.5 Å². The quantitative estimate of drug-likeness (QED) is 0.700. The highest BCUT2D eigenvalue weighted by Gasteiger charge is 2.14. The summed E-state index contributed by atoms with van der Waals surface area (Å²) >= 11 is 1.49. The predicted molar refractivity (Wildman–Crippen MR) is 102 cm³/mol. The Hall–Kier alpha value is -2.66. The third-order valence-electron chi connectivity index (χ3n) is 3.70. The van der Waals surface area contributed by atoms with Crippen molar-refractivity contribution in [2.45, 2.75) is 20.3 Å². The van der Waals surface area contributed by atoms with E-state index in [2.05, 4.69) is 41.5 Å². The van der Waals surface area contributed by atoms with Gasteiger partial charge in [0.2, 0.25) is 0 Å². The van der Waals surface area contributed by atoms with Crippen LogP contribution in [0.15, 0.2) is 54.7 Å². The standard InChI is InChI=1S/C20H20N2O2S/c1-3-24-18-7-5-4-6-17(18)19(23)22-20-21-13-16(25-20)12-15-10-8-14(2)9-11-15/h4-11,13H,3,12H2,1-2H3,(H,21,22,23). The van der Waals surface area contributed by atoms with Crippen molar-refractivity contribution < 1.29 is 9.53 Å². The molecule has 0 aliphatic carbocycles. The number of nitrogens with zero attached hydrogens (tertiary/aromatic N) is 1. The van der Waals surface area contributed by atoms with Crippen LogP contribution in [0.3, 0.4) is 0 Å². The molecule has 3 aromatic rings. The van der Waals surface area contributed by atoms with Gasteiger partial charge in [-0.15, -0.1) is 11.3 Å². The number of aromatic nitrogens is 1. The van der Waals surface area contributed by atoms with Gasteiger partial charge in [-0.05, 0) is 31.5 Å². The van der Waals surface area contributed by atoms with Crippen molar-refractivity contribution in [2.75, 3.05) is 11.9 Å². The minimum absolute atomic E-state index is 0.208. The first kappa shape index (κ1) is 17.2. The topological polar surface area (TPSA) is 51.2 Å². The third-order valence-corrected chi connectivity index (χ3v) is 4.62. The Labute approximate surface area is 151 Å². The summed E-state index contributed by atoms with van der Waals surface area (Å²) in [5.41, 5.74) is 2.99. The van der Waals surface area contributed by atoms with Crippen LogP contribution in [0.25, 0.3) is 0 Å². The number of aryl methyl sites for hydroxylation is 1. The highest BCUT2D eigenvalue weighted by molar-refractivity contribution is 7.15. The second-order valence-corrected chi connectivity index (χ2v) is 6.79. The van der Waals surface area contributed by atoms with Crippen LogP contribution in [0.1, 0.15) is 33.3 Å². The molecule has 0 aliphatic rings. The molecule has 25 heavy (non-hydrogen) atoms. The molecule has 128 valence electrons. The van der Waals surface area contributed by atoms with E-state index in [0.717, 1.165) is 11.3 Å². The predicted octanol–water partition coefficient (Wildman–Crippen LogP) is 4.69. The summed E-state index contributed by atoms with van der Waals surface area (Å²) in [6, 6.07) is 15.7.